The number of hydrogen-bond acceptors (Lipinski definition) is 3. The van der Waals surface area contributed by atoms with Crippen molar-refractivity contribution in [3.63, 3.8) is 0 Å². The third-order valence-corrected chi connectivity index (χ3v) is 5.54. The molecule has 3 heteroatoms. The number of benzene rings is 2. The summed E-state index contributed by atoms with van der Waals surface area (Å²) in [5, 5.41) is 10.8. The van der Waals surface area contributed by atoms with Crippen LogP contribution in [0.2, 0.25) is 0 Å². The van der Waals surface area contributed by atoms with Crippen molar-refractivity contribution in [2.75, 3.05) is 31.1 Å². The zero-order valence-electron chi connectivity index (χ0n) is 14.9. The molecule has 4 rings (SSSR count). The molecule has 2 aliphatic heterocycles. The Labute approximate surface area is 150 Å². The van der Waals surface area contributed by atoms with Gasteiger partial charge in [-0.2, -0.15) is 0 Å². The van der Waals surface area contributed by atoms with Crippen molar-refractivity contribution in [1.29, 1.82) is 0 Å². The van der Waals surface area contributed by atoms with Gasteiger partial charge in [0.25, 0.3) is 0 Å². The van der Waals surface area contributed by atoms with E-state index in [2.05, 4.69) is 58.3 Å². The first kappa shape index (κ1) is 16.6. The van der Waals surface area contributed by atoms with Crippen LogP contribution in [-0.2, 0) is 12.8 Å². The molecule has 2 heterocycles. The van der Waals surface area contributed by atoms with Crippen LogP contribution in [0.5, 0.6) is 0 Å². The molecule has 0 aromatic heterocycles. The minimum Gasteiger partial charge on any atom is -0.390 e. The Hall–Kier alpha value is -1.84. The number of anilines is 2. The fraction of sp³-hybridized carbons (Fsp3) is 0.455. The quantitative estimate of drug-likeness (QED) is 0.921. The third-order valence-electron chi connectivity index (χ3n) is 5.54. The Morgan fingerprint density at radius 3 is 1.92 bits per heavy atom. The number of para-hydroxylation sites is 2. The van der Waals surface area contributed by atoms with E-state index in [4.69, 9.17) is 0 Å². The molecule has 2 aromatic carbocycles. The Kier molecular flexibility index (Phi) is 5.04. The van der Waals surface area contributed by atoms with Crippen molar-refractivity contribution in [3.05, 3.63) is 59.7 Å². The number of likely N-dealkylation sites (tertiary alicyclic amines) is 1. The highest BCUT2D eigenvalue weighted by Crippen LogP contribution is 2.35. The van der Waals surface area contributed by atoms with Crippen LogP contribution in [-0.4, -0.2) is 42.3 Å². The van der Waals surface area contributed by atoms with Crippen LogP contribution in [0.1, 0.15) is 30.4 Å². The summed E-state index contributed by atoms with van der Waals surface area (Å²) in [6.07, 6.45) is 5.65. The van der Waals surface area contributed by atoms with E-state index >= 15 is 0 Å². The Morgan fingerprint density at radius 2 is 1.32 bits per heavy atom. The van der Waals surface area contributed by atoms with Gasteiger partial charge in [0.2, 0.25) is 0 Å². The van der Waals surface area contributed by atoms with E-state index in [1.165, 1.54) is 41.8 Å². The molecular weight excluding hydrogens is 308 g/mol. The number of aryl methyl sites for hydroxylation is 2. The Bertz CT molecular complexity index is 661. The lowest BCUT2D eigenvalue weighted by atomic mass is 10.0. The Balaban J connectivity index is 1.58. The topological polar surface area (TPSA) is 26.7 Å². The van der Waals surface area contributed by atoms with E-state index in [0.717, 1.165) is 32.5 Å². The van der Waals surface area contributed by atoms with Crippen molar-refractivity contribution in [2.45, 2.75) is 38.2 Å². The van der Waals surface area contributed by atoms with Gasteiger partial charge < -0.3 is 14.9 Å². The molecule has 2 aliphatic rings. The molecule has 1 unspecified atom stereocenters. The molecule has 0 aliphatic carbocycles. The molecule has 2 aromatic rings. The largest absolute Gasteiger partial charge is 0.390 e. The van der Waals surface area contributed by atoms with Crippen LogP contribution in [0.3, 0.4) is 0 Å². The summed E-state index contributed by atoms with van der Waals surface area (Å²) in [5.74, 6) is 0. The molecule has 0 saturated carbocycles. The zero-order valence-corrected chi connectivity index (χ0v) is 14.9. The molecule has 0 spiro atoms. The molecule has 132 valence electrons. The number of rotatable bonds is 4. The van der Waals surface area contributed by atoms with Gasteiger partial charge in [-0.15, -0.1) is 0 Å². The number of piperidine rings is 1. The number of nitrogens with zero attached hydrogens (tertiary/aromatic N) is 2. The second kappa shape index (κ2) is 7.59. The van der Waals surface area contributed by atoms with Gasteiger partial charge in [0.15, 0.2) is 0 Å². The maximum atomic E-state index is 10.8. The van der Waals surface area contributed by atoms with E-state index in [9.17, 15) is 5.11 Å². The van der Waals surface area contributed by atoms with Gasteiger partial charge in [0.1, 0.15) is 0 Å². The average molecular weight is 336 g/mol. The molecule has 25 heavy (non-hydrogen) atoms. The van der Waals surface area contributed by atoms with Gasteiger partial charge in [-0.1, -0.05) is 42.8 Å². The standard InChI is InChI=1S/C22H28N2O/c25-20(16-23-14-6-1-7-15-23)17-24-21-10-4-2-8-18(21)12-13-19-9-3-5-11-22(19)24/h2-5,8-11,20,25H,1,6-7,12-17H2. The smallest absolute Gasteiger partial charge is 0.0845 e. The number of hydrogen-bond donors (Lipinski definition) is 1. The highest BCUT2D eigenvalue weighted by Gasteiger charge is 2.23. The van der Waals surface area contributed by atoms with Crippen LogP contribution in [0, 0.1) is 0 Å². The summed E-state index contributed by atoms with van der Waals surface area (Å²) >= 11 is 0. The maximum absolute atomic E-state index is 10.8. The van der Waals surface area contributed by atoms with Gasteiger partial charge in [0.05, 0.1) is 12.6 Å². The van der Waals surface area contributed by atoms with E-state index in [1.807, 2.05) is 0 Å². The molecule has 0 radical (unpaired) electrons. The van der Waals surface area contributed by atoms with E-state index in [-0.39, 0.29) is 6.10 Å². The Morgan fingerprint density at radius 1 is 0.760 bits per heavy atom. The van der Waals surface area contributed by atoms with Crippen molar-refractivity contribution >= 4 is 11.4 Å². The average Bonchev–Trinajstić information content (AvgIpc) is 2.80. The molecule has 1 fully saturated rings. The first-order chi connectivity index (χ1) is 12.3. The molecule has 1 N–H and O–H groups in total. The van der Waals surface area contributed by atoms with Gasteiger partial charge in [-0.3, -0.25) is 0 Å². The van der Waals surface area contributed by atoms with E-state index in [0.29, 0.717) is 6.54 Å². The fourth-order valence-corrected chi connectivity index (χ4v) is 4.28. The predicted molar refractivity (Wildman–Crippen MR) is 104 cm³/mol. The monoisotopic (exact) mass is 336 g/mol. The highest BCUT2D eigenvalue weighted by molar-refractivity contribution is 5.71. The highest BCUT2D eigenvalue weighted by atomic mass is 16.3. The summed E-state index contributed by atoms with van der Waals surface area (Å²) < 4.78 is 0. The normalized spacial score (nSPS) is 19.0. The fourth-order valence-electron chi connectivity index (χ4n) is 4.28. The molecule has 1 atom stereocenters. The first-order valence-electron chi connectivity index (χ1n) is 9.65. The maximum Gasteiger partial charge on any atom is 0.0845 e. The second-order valence-electron chi connectivity index (χ2n) is 7.38. The van der Waals surface area contributed by atoms with Crippen LogP contribution in [0.25, 0.3) is 0 Å². The summed E-state index contributed by atoms with van der Waals surface area (Å²) in [7, 11) is 0. The van der Waals surface area contributed by atoms with Crippen molar-refractivity contribution in [3.8, 4) is 0 Å². The van der Waals surface area contributed by atoms with Crippen LogP contribution >= 0.6 is 0 Å². The lowest BCUT2D eigenvalue weighted by molar-refractivity contribution is 0.107. The minimum absolute atomic E-state index is 0.336. The summed E-state index contributed by atoms with van der Waals surface area (Å²) in [6.45, 7) is 3.69. The van der Waals surface area contributed by atoms with E-state index in [1.54, 1.807) is 0 Å². The molecule has 0 bridgehead atoms. The number of aliphatic hydroxyl groups excluding tert-OH is 1. The van der Waals surface area contributed by atoms with Crippen molar-refractivity contribution < 1.29 is 5.11 Å². The molecule has 1 saturated heterocycles. The SMILES string of the molecule is OC(CN1CCCCC1)CN1c2ccccc2CCc2ccccc21. The lowest BCUT2D eigenvalue weighted by Crippen LogP contribution is -2.41. The summed E-state index contributed by atoms with van der Waals surface area (Å²) in [5.41, 5.74) is 5.27. The van der Waals surface area contributed by atoms with Gasteiger partial charge >= 0.3 is 0 Å². The van der Waals surface area contributed by atoms with Gasteiger partial charge in [-0.25, -0.2) is 0 Å². The third kappa shape index (κ3) is 3.73. The van der Waals surface area contributed by atoms with Crippen molar-refractivity contribution in [2.24, 2.45) is 0 Å². The molecule has 3 nitrogen and oxygen atoms in total. The summed E-state index contributed by atoms with van der Waals surface area (Å²) in [4.78, 5) is 4.76. The van der Waals surface area contributed by atoms with Gasteiger partial charge in [-0.05, 0) is 62.0 Å². The zero-order chi connectivity index (χ0) is 17.1. The first-order valence-corrected chi connectivity index (χ1v) is 9.65. The van der Waals surface area contributed by atoms with Crippen LogP contribution in [0.15, 0.2) is 48.5 Å². The lowest BCUT2D eigenvalue weighted by Gasteiger charge is -2.33. The van der Waals surface area contributed by atoms with Gasteiger partial charge in [0, 0.05) is 17.9 Å². The summed E-state index contributed by atoms with van der Waals surface area (Å²) in [6, 6.07) is 17.3. The van der Waals surface area contributed by atoms with E-state index < -0.39 is 0 Å². The number of aliphatic hydroxyl groups is 1. The van der Waals surface area contributed by atoms with Crippen LogP contribution in [0.4, 0.5) is 11.4 Å². The predicted octanol–water partition coefficient (Wildman–Crippen LogP) is 3.77. The second-order valence-corrected chi connectivity index (χ2v) is 7.38. The minimum atomic E-state index is -0.336. The molecular formula is C22H28N2O. The number of β-amino-alcohol motifs (C(OH)–C–C–N with tert-alkyl or cyclic N) is 1. The molecule has 0 amide bonds. The van der Waals surface area contributed by atoms with Crippen LogP contribution < -0.4 is 4.90 Å². The van der Waals surface area contributed by atoms with Crippen molar-refractivity contribution in [1.82, 2.24) is 4.90 Å². The number of fused-ring (bicyclic) bond motifs is 2.